The number of hydrogen-bond acceptors (Lipinski definition) is 4. The molecule has 0 saturated heterocycles. The van der Waals surface area contributed by atoms with E-state index in [1.54, 1.807) is 27.7 Å². The molecule has 0 radical (unpaired) electrons. The van der Waals surface area contributed by atoms with Crippen LogP contribution >= 0.6 is 0 Å². The van der Waals surface area contributed by atoms with Gasteiger partial charge in [0.2, 0.25) is 0 Å². The summed E-state index contributed by atoms with van der Waals surface area (Å²) in [5.41, 5.74) is 9.98. The number of ketones is 4. The molecule has 196 valence electrons. The summed E-state index contributed by atoms with van der Waals surface area (Å²) >= 11 is 0. The second-order valence-corrected chi connectivity index (χ2v) is 10.1. The lowest BCUT2D eigenvalue weighted by atomic mass is 9.91. The smallest absolute Gasteiger partial charge is 0.159 e. The Balaban J connectivity index is 1.82. The van der Waals surface area contributed by atoms with Crippen LogP contribution in [0.1, 0.15) is 96.9 Å². The predicted molar refractivity (Wildman–Crippen MR) is 160 cm³/mol. The van der Waals surface area contributed by atoms with E-state index in [-0.39, 0.29) is 23.1 Å². The number of allylic oxidation sites excluding steroid dienone is 2. The first-order chi connectivity index (χ1) is 19.1. The van der Waals surface area contributed by atoms with Gasteiger partial charge in [-0.3, -0.25) is 19.2 Å². The Bertz CT molecular complexity index is 1750. The molecule has 0 N–H and O–H groups in total. The quantitative estimate of drug-likeness (QED) is 0.230. The van der Waals surface area contributed by atoms with Crippen LogP contribution in [0, 0.1) is 0 Å². The molecule has 0 fully saturated rings. The first-order valence-electron chi connectivity index (χ1n) is 13.1. The van der Waals surface area contributed by atoms with Crippen molar-refractivity contribution in [1.82, 2.24) is 0 Å². The van der Waals surface area contributed by atoms with Gasteiger partial charge in [-0.15, -0.1) is 0 Å². The summed E-state index contributed by atoms with van der Waals surface area (Å²) in [6.45, 7) is 6.18. The van der Waals surface area contributed by atoms with Crippen molar-refractivity contribution >= 4 is 45.9 Å². The zero-order valence-electron chi connectivity index (χ0n) is 22.9. The third-order valence-electron chi connectivity index (χ3n) is 7.29. The highest BCUT2D eigenvalue weighted by Crippen LogP contribution is 2.50. The fourth-order valence-electron chi connectivity index (χ4n) is 5.08. The van der Waals surface area contributed by atoms with E-state index in [9.17, 15) is 19.2 Å². The van der Waals surface area contributed by atoms with E-state index < -0.39 is 0 Å². The fraction of sp³-hybridized carbons (Fsp3) is 0.111. The SMILES string of the molecule is CC(=O)c1ccc(/C=C2/C(c3ccc(C(C)=O)cc3)=C(c3ccc(C(C)=O)cc3)c3cc(C(C)=O)ccc32)cc1. The Morgan fingerprint density at radius 1 is 0.450 bits per heavy atom. The highest BCUT2D eigenvalue weighted by atomic mass is 16.1. The number of rotatable bonds is 7. The van der Waals surface area contributed by atoms with Crippen molar-refractivity contribution in [3.63, 3.8) is 0 Å². The molecule has 0 aromatic heterocycles. The van der Waals surface area contributed by atoms with Crippen LogP contribution in [0.4, 0.5) is 0 Å². The third-order valence-corrected chi connectivity index (χ3v) is 7.29. The van der Waals surface area contributed by atoms with Crippen LogP contribution in [-0.4, -0.2) is 23.1 Å². The van der Waals surface area contributed by atoms with E-state index in [0.29, 0.717) is 22.3 Å². The fourth-order valence-corrected chi connectivity index (χ4v) is 5.08. The van der Waals surface area contributed by atoms with Gasteiger partial charge in [-0.05, 0) is 84.4 Å². The van der Waals surface area contributed by atoms with Crippen LogP contribution in [0.3, 0.4) is 0 Å². The molecule has 4 heteroatoms. The van der Waals surface area contributed by atoms with Crippen molar-refractivity contribution in [2.45, 2.75) is 27.7 Å². The van der Waals surface area contributed by atoms with E-state index in [2.05, 4.69) is 6.08 Å². The van der Waals surface area contributed by atoms with Crippen molar-refractivity contribution in [2.24, 2.45) is 0 Å². The predicted octanol–water partition coefficient (Wildman–Crippen LogP) is 8.01. The Morgan fingerprint density at radius 3 is 1.30 bits per heavy atom. The molecule has 0 aliphatic heterocycles. The average molecular weight is 525 g/mol. The van der Waals surface area contributed by atoms with E-state index in [0.717, 1.165) is 44.5 Å². The summed E-state index contributed by atoms with van der Waals surface area (Å²) in [6.07, 6.45) is 2.08. The lowest BCUT2D eigenvalue weighted by molar-refractivity contribution is 0.100. The van der Waals surface area contributed by atoms with Crippen molar-refractivity contribution in [3.8, 4) is 0 Å². The molecule has 40 heavy (non-hydrogen) atoms. The molecule has 0 saturated carbocycles. The number of hydrogen-bond donors (Lipinski definition) is 0. The molecule has 0 bridgehead atoms. The molecular weight excluding hydrogens is 496 g/mol. The molecule has 1 aliphatic carbocycles. The Labute approximate surface area is 233 Å². The number of fused-ring (bicyclic) bond motifs is 1. The Kier molecular flexibility index (Phi) is 7.10. The summed E-state index contributed by atoms with van der Waals surface area (Å²) in [5, 5.41) is 0. The van der Waals surface area contributed by atoms with Gasteiger partial charge in [-0.1, -0.05) is 84.9 Å². The first kappa shape index (κ1) is 26.6. The molecule has 1 aliphatic rings. The van der Waals surface area contributed by atoms with E-state index in [4.69, 9.17) is 0 Å². The van der Waals surface area contributed by atoms with Gasteiger partial charge in [0, 0.05) is 22.3 Å². The normalized spacial score (nSPS) is 13.3. The van der Waals surface area contributed by atoms with Gasteiger partial charge in [-0.25, -0.2) is 0 Å². The summed E-state index contributed by atoms with van der Waals surface area (Å²) in [5.74, 6) is -0.0492. The van der Waals surface area contributed by atoms with Crippen molar-refractivity contribution < 1.29 is 19.2 Å². The van der Waals surface area contributed by atoms with Gasteiger partial charge in [-0.2, -0.15) is 0 Å². The molecule has 4 aromatic carbocycles. The molecular formula is C36H28O4. The maximum absolute atomic E-state index is 12.4. The van der Waals surface area contributed by atoms with Crippen LogP contribution in [-0.2, 0) is 0 Å². The minimum atomic E-state index is -0.0290. The second-order valence-electron chi connectivity index (χ2n) is 10.1. The highest BCUT2D eigenvalue weighted by Gasteiger charge is 2.29. The van der Waals surface area contributed by atoms with Gasteiger partial charge in [0.05, 0.1) is 0 Å². The molecule has 0 spiro atoms. The van der Waals surface area contributed by atoms with Crippen molar-refractivity contribution in [2.75, 3.05) is 0 Å². The minimum Gasteiger partial charge on any atom is -0.295 e. The summed E-state index contributed by atoms with van der Waals surface area (Å²) in [7, 11) is 0. The maximum atomic E-state index is 12.4. The zero-order chi connectivity index (χ0) is 28.6. The standard InChI is InChI=1S/C36H28O4/c1-21(37)26-7-5-25(6-8-26)19-33-32-18-17-31(24(4)40)20-34(32)36(30-15-11-28(12-16-30)23(3)39)35(33)29-13-9-27(10-14-29)22(2)38/h5-20H,1-4H3/b33-19+. The first-order valence-corrected chi connectivity index (χ1v) is 13.1. The summed E-state index contributed by atoms with van der Waals surface area (Å²) in [6, 6.07) is 28.3. The molecule has 4 aromatic rings. The topological polar surface area (TPSA) is 68.3 Å². The Hall–Kier alpha value is -4.96. The lowest BCUT2D eigenvalue weighted by Gasteiger charge is -2.12. The molecule has 0 atom stereocenters. The van der Waals surface area contributed by atoms with Crippen LogP contribution in [0.15, 0.2) is 91.0 Å². The van der Waals surface area contributed by atoms with Crippen molar-refractivity contribution in [1.29, 1.82) is 0 Å². The molecule has 0 unspecified atom stereocenters. The number of Topliss-reactive ketones (excluding diaryl/α,β-unsaturated/α-hetero) is 4. The molecule has 0 amide bonds. The van der Waals surface area contributed by atoms with E-state index in [1.165, 1.54) is 0 Å². The van der Waals surface area contributed by atoms with E-state index in [1.807, 2.05) is 91.0 Å². The van der Waals surface area contributed by atoms with Crippen LogP contribution in [0.2, 0.25) is 0 Å². The van der Waals surface area contributed by atoms with Gasteiger partial charge in [0.15, 0.2) is 23.1 Å². The van der Waals surface area contributed by atoms with Gasteiger partial charge in [0.25, 0.3) is 0 Å². The third kappa shape index (κ3) is 5.04. The minimum absolute atomic E-state index is 0.00428. The summed E-state index contributed by atoms with van der Waals surface area (Å²) < 4.78 is 0. The van der Waals surface area contributed by atoms with E-state index >= 15 is 0 Å². The van der Waals surface area contributed by atoms with Gasteiger partial charge < -0.3 is 0 Å². The average Bonchev–Trinajstić information content (AvgIpc) is 3.26. The Morgan fingerprint density at radius 2 is 0.850 bits per heavy atom. The molecule has 0 heterocycles. The number of carbonyl (C=O) groups is 4. The van der Waals surface area contributed by atoms with Gasteiger partial charge in [0.1, 0.15) is 0 Å². The summed E-state index contributed by atoms with van der Waals surface area (Å²) in [4.78, 5) is 48.2. The van der Waals surface area contributed by atoms with Crippen molar-refractivity contribution in [3.05, 3.63) is 141 Å². The van der Waals surface area contributed by atoms with Crippen LogP contribution < -0.4 is 0 Å². The largest absolute Gasteiger partial charge is 0.295 e. The second kappa shape index (κ2) is 10.7. The monoisotopic (exact) mass is 524 g/mol. The zero-order valence-corrected chi connectivity index (χ0v) is 22.9. The number of benzene rings is 4. The van der Waals surface area contributed by atoms with Crippen LogP contribution in [0.25, 0.3) is 22.8 Å². The van der Waals surface area contributed by atoms with Crippen LogP contribution in [0.5, 0.6) is 0 Å². The lowest BCUT2D eigenvalue weighted by Crippen LogP contribution is -1.97. The van der Waals surface area contributed by atoms with Gasteiger partial charge >= 0.3 is 0 Å². The maximum Gasteiger partial charge on any atom is 0.159 e. The molecule has 4 nitrogen and oxygen atoms in total. The highest BCUT2D eigenvalue weighted by molar-refractivity contribution is 6.28. The number of carbonyl (C=O) groups excluding carboxylic acids is 4. The molecule has 5 rings (SSSR count).